The van der Waals surface area contributed by atoms with E-state index in [0.29, 0.717) is 12.2 Å². The quantitative estimate of drug-likeness (QED) is 0.645. The first-order valence-electron chi connectivity index (χ1n) is 4.44. The van der Waals surface area contributed by atoms with Crippen LogP contribution in [-0.2, 0) is 4.79 Å². The molecule has 1 aromatic carbocycles. The van der Waals surface area contributed by atoms with Crippen molar-refractivity contribution in [2.45, 2.75) is 0 Å². The maximum Gasteiger partial charge on any atom is 0.328 e. The van der Waals surface area contributed by atoms with Gasteiger partial charge in [-0.15, -0.1) is 0 Å². The number of ketones is 1. The smallest absolute Gasteiger partial charge is 0.328 e. The van der Waals surface area contributed by atoms with Crippen molar-refractivity contribution in [1.82, 2.24) is 0 Å². The molecule has 0 saturated carbocycles. The number of hydrogen-bond acceptors (Lipinski definition) is 3. The number of carboxylic acids is 1. The fraction of sp³-hybridized carbons (Fsp3) is 0.0909. The van der Waals surface area contributed by atoms with Crippen LogP contribution in [-0.4, -0.2) is 24.0 Å². The third-order valence-electron chi connectivity index (χ3n) is 1.88. The summed E-state index contributed by atoms with van der Waals surface area (Å²) in [7, 11) is 1.22. The molecule has 0 aromatic heterocycles. The second-order valence-electron chi connectivity index (χ2n) is 3.00. The first-order chi connectivity index (χ1) is 7.95. The molecule has 0 bridgehead atoms. The number of allylic oxidation sites excluding steroid dienone is 1. The molecule has 0 heterocycles. The van der Waals surface area contributed by atoms with Gasteiger partial charge in [0.25, 0.3) is 0 Å². The Morgan fingerprint density at radius 3 is 2.18 bits per heavy atom. The Bertz CT molecular complexity index is 471. The molecular weight excluding hydrogens is 234 g/mol. The number of hydrogen-bond donors (Lipinski definition) is 1. The summed E-state index contributed by atoms with van der Waals surface area (Å²) in [4.78, 5) is 21.5. The number of aliphatic carboxylic acids is 1. The molecule has 1 aromatic rings. The zero-order valence-electron chi connectivity index (χ0n) is 8.74. The normalized spacial score (nSPS) is 10.5. The predicted octanol–water partition coefficient (Wildman–Crippen LogP) is 1.80. The Labute approximate surface area is 95.1 Å². The van der Waals surface area contributed by atoms with Crippen LogP contribution in [0.1, 0.15) is 10.4 Å². The first-order valence-corrected chi connectivity index (χ1v) is 4.44. The van der Waals surface area contributed by atoms with Crippen LogP contribution in [0.25, 0.3) is 0 Å². The van der Waals surface area contributed by atoms with Crippen molar-refractivity contribution in [2.24, 2.45) is 0 Å². The van der Waals surface area contributed by atoms with Gasteiger partial charge in [0.1, 0.15) is 17.4 Å². The Kier molecular flexibility index (Phi) is 3.92. The van der Waals surface area contributed by atoms with Gasteiger partial charge in [0.15, 0.2) is 5.78 Å². The highest BCUT2D eigenvalue weighted by atomic mass is 19.1. The van der Waals surface area contributed by atoms with Crippen LogP contribution in [0.5, 0.6) is 5.75 Å². The van der Waals surface area contributed by atoms with Crippen LogP contribution in [0.15, 0.2) is 24.3 Å². The van der Waals surface area contributed by atoms with Crippen molar-refractivity contribution < 1.29 is 28.2 Å². The van der Waals surface area contributed by atoms with E-state index >= 15 is 0 Å². The summed E-state index contributed by atoms with van der Waals surface area (Å²) in [5.74, 6) is -4.74. The van der Waals surface area contributed by atoms with Crippen LogP contribution in [0.4, 0.5) is 8.78 Å². The van der Waals surface area contributed by atoms with Crippen molar-refractivity contribution in [2.75, 3.05) is 7.11 Å². The fourth-order valence-corrected chi connectivity index (χ4v) is 1.13. The highest BCUT2D eigenvalue weighted by Crippen LogP contribution is 2.21. The largest absolute Gasteiger partial charge is 0.497 e. The van der Waals surface area contributed by atoms with Gasteiger partial charge in [-0.25, -0.2) is 13.6 Å². The molecular formula is C11H8F2O4. The average molecular weight is 242 g/mol. The number of carbonyl (C=O) groups is 2. The van der Waals surface area contributed by atoms with Crippen molar-refractivity contribution in [3.63, 3.8) is 0 Å². The fourth-order valence-electron chi connectivity index (χ4n) is 1.13. The molecule has 0 unspecified atom stereocenters. The van der Waals surface area contributed by atoms with Gasteiger partial charge >= 0.3 is 5.97 Å². The molecule has 0 radical (unpaired) electrons. The minimum absolute atomic E-state index is 0.0706. The number of rotatable bonds is 4. The molecule has 0 aliphatic carbocycles. The van der Waals surface area contributed by atoms with Gasteiger partial charge in [0.05, 0.1) is 12.7 Å². The minimum atomic E-state index is -1.38. The second-order valence-corrected chi connectivity index (χ2v) is 3.00. The van der Waals surface area contributed by atoms with E-state index in [4.69, 9.17) is 5.11 Å². The van der Waals surface area contributed by atoms with E-state index in [0.717, 1.165) is 12.1 Å². The van der Waals surface area contributed by atoms with Gasteiger partial charge in [-0.3, -0.25) is 4.79 Å². The Morgan fingerprint density at radius 1 is 1.24 bits per heavy atom. The lowest BCUT2D eigenvalue weighted by Crippen LogP contribution is -2.04. The van der Waals surface area contributed by atoms with Crippen LogP contribution in [0.3, 0.4) is 0 Å². The average Bonchev–Trinajstić information content (AvgIpc) is 2.25. The van der Waals surface area contributed by atoms with Gasteiger partial charge in [0.2, 0.25) is 0 Å². The van der Waals surface area contributed by atoms with E-state index in [9.17, 15) is 18.4 Å². The molecule has 0 amide bonds. The van der Waals surface area contributed by atoms with E-state index in [1.54, 1.807) is 0 Å². The summed E-state index contributed by atoms with van der Waals surface area (Å²) in [6.07, 6.45) is 1.09. The monoisotopic (exact) mass is 242 g/mol. The molecule has 0 atom stereocenters. The third kappa shape index (κ3) is 3.10. The lowest BCUT2D eigenvalue weighted by atomic mass is 10.1. The predicted molar refractivity (Wildman–Crippen MR) is 54.0 cm³/mol. The zero-order chi connectivity index (χ0) is 13.0. The van der Waals surface area contributed by atoms with Gasteiger partial charge in [-0.1, -0.05) is 0 Å². The van der Waals surface area contributed by atoms with Gasteiger partial charge in [-0.05, 0) is 6.08 Å². The molecule has 6 heteroatoms. The molecule has 0 fully saturated rings. The maximum atomic E-state index is 13.4. The zero-order valence-corrected chi connectivity index (χ0v) is 8.74. The molecule has 17 heavy (non-hydrogen) atoms. The molecule has 0 spiro atoms. The van der Waals surface area contributed by atoms with E-state index in [-0.39, 0.29) is 5.75 Å². The third-order valence-corrected chi connectivity index (χ3v) is 1.88. The standard InChI is InChI=1S/C11H8F2O4/c1-17-6-4-7(12)11(8(13)5-6)9(14)2-3-10(15)16/h2-5H,1H3,(H,15,16). The Balaban J connectivity index is 3.14. The van der Waals surface area contributed by atoms with E-state index < -0.39 is 29.0 Å². The molecule has 1 N–H and O–H groups in total. The SMILES string of the molecule is COc1cc(F)c(C(=O)C=CC(=O)O)c(F)c1. The molecule has 1 rings (SSSR count). The van der Waals surface area contributed by atoms with Crippen molar-refractivity contribution in [3.8, 4) is 5.75 Å². The van der Waals surface area contributed by atoms with Crippen LogP contribution in [0.2, 0.25) is 0 Å². The lowest BCUT2D eigenvalue weighted by Gasteiger charge is -2.04. The van der Waals surface area contributed by atoms with E-state index in [1.807, 2.05) is 0 Å². The van der Waals surface area contributed by atoms with E-state index in [1.165, 1.54) is 7.11 Å². The molecule has 4 nitrogen and oxygen atoms in total. The molecule has 0 aliphatic heterocycles. The van der Waals surface area contributed by atoms with Gasteiger partial charge in [0, 0.05) is 18.2 Å². The van der Waals surface area contributed by atoms with Crippen LogP contribution < -0.4 is 4.74 Å². The van der Waals surface area contributed by atoms with E-state index in [2.05, 4.69) is 4.74 Å². The number of benzene rings is 1. The Hall–Kier alpha value is -2.24. The highest BCUT2D eigenvalue weighted by Gasteiger charge is 2.17. The minimum Gasteiger partial charge on any atom is -0.497 e. The summed E-state index contributed by atoms with van der Waals surface area (Å²) in [6, 6.07) is 1.68. The molecule has 90 valence electrons. The maximum absolute atomic E-state index is 13.4. The second kappa shape index (κ2) is 5.20. The van der Waals surface area contributed by atoms with Crippen LogP contribution in [0, 0.1) is 11.6 Å². The number of carboxylic acid groups (broad SMARTS) is 1. The van der Waals surface area contributed by atoms with Crippen molar-refractivity contribution in [3.05, 3.63) is 41.5 Å². The number of ether oxygens (including phenoxy) is 1. The number of methoxy groups -OCH3 is 1. The topological polar surface area (TPSA) is 63.6 Å². The first kappa shape index (κ1) is 12.8. The lowest BCUT2D eigenvalue weighted by molar-refractivity contribution is -0.131. The summed E-state index contributed by atoms with van der Waals surface area (Å²) in [6.45, 7) is 0. The number of carbonyl (C=O) groups excluding carboxylic acids is 1. The summed E-state index contributed by atoms with van der Waals surface area (Å²) >= 11 is 0. The van der Waals surface area contributed by atoms with Gasteiger partial charge < -0.3 is 9.84 Å². The summed E-state index contributed by atoms with van der Waals surface area (Å²) in [5.41, 5.74) is -0.816. The molecule has 0 saturated heterocycles. The van der Waals surface area contributed by atoms with Crippen molar-refractivity contribution >= 4 is 11.8 Å². The summed E-state index contributed by atoms with van der Waals surface area (Å²) in [5, 5.41) is 8.28. The molecule has 0 aliphatic rings. The van der Waals surface area contributed by atoms with Crippen molar-refractivity contribution in [1.29, 1.82) is 0 Å². The number of halogens is 2. The highest BCUT2D eigenvalue weighted by molar-refractivity contribution is 6.07. The van der Waals surface area contributed by atoms with Crippen LogP contribution >= 0.6 is 0 Å². The summed E-state index contributed by atoms with van der Waals surface area (Å²) < 4.78 is 31.3. The van der Waals surface area contributed by atoms with Gasteiger partial charge in [-0.2, -0.15) is 0 Å². The Morgan fingerprint density at radius 2 is 1.76 bits per heavy atom.